The first-order valence-corrected chi connectivity index (χ1v) is 4.69. The first-order chi connectivity index (χ1) is 6.52. The van der Waals surface area contributed by atoms with Crippen molar-refractivity contribution in [3.63, 3.8) is 0 Å². The second-order valence-corrected chi connectivity index (χ2v) is 3.70. The molecular formula is C9H15NO4. The molecule has 1 aliphatic rings. The fourth-order valence-electron chi connectivity index (χ4n) is 1.62. The van der Waals surface area contributed by atoms with Crippen LogP contribution in [0.4, 0.5) is 0 Å². The smallest absolute Gasteiger partial charge is 0.321 e. The lowest BCUT2D eigenvalue weighted by Crippen LogP contribution is -2.48. The van der Waals surface area contributed by atoms with E-state index in [-0.39, 0.29) is 12.5 Å². The first-order valence-electron chi connectivity index (χ1n) is 4.69. The lowest BCUT2D eigenvalue weighted by molar-refractivity contribution is -0.150. The van der Waals surface area contributed by atoms with Gasteiger partial charge < -0.3 is 10.2 Å². The number of likely N-dealkylation sites (N-methyl/N-ethyl adjacent to an activating group) is 1. The van der Waals surface area contributed by atoms with Crippen molar-refractivity contribution in [1.29, 1.82) is 0 Å². The average molecular weight is 201 g/mol. The Labute approximate surface area is 82.3 Å². The van der Waals surface area contributed by atoms with Crippen LogP contribution in [0, 0.1) is 0 Å². The summed E-state index contributed by atoms with van der Waals surface area (Å²) in [6.07, 6.45) is 2.72. The van der Waals surface area contributed by atoms with Crippen LogP contribution in [0.15, 0.2) is 0 Å². The Morgan fingerprint density at radius 3 is 2.29 bits per heavy atom. The van der Waals surface area contributed by atoms with Crippen LogP contribution in [0.1, 0.15) is 25.7 Å². The Morgan fingerprint density at radius 1 is 1.43 bits per heavy atom. The van der Waals surface area contributed by atoms with E-state index < -0.39 is 18.0 Å². The van der Waals surface area contributed by atoms with Crippen molar-refractivity contribution >= 4 is 11.9 Å². The maximum absolute atomic E-state index is 10.8. The number of carbonyl (C=O) groups is 2. The molecule has 1 fully saturated rings. The van der Waals surface area contributed by atoms with E-state index in [4.69, 9.17) is 10.2 Å². The average Bonchev–Trinajstić information content (AvgIpc) is 1.95. The minimum absolute atomic E-state index is 0.246. The van der Waals surface area contributed by atoms with Gasteiger partial charge in [0.15, 0.2) is 0 Å². The lowest BCUT2D eigenvalue weighted by atomic mass is 9.90. The summed E-state index contributed by atoms with van der Waals surface area (Å²) in [5, 5.41) is 17.4. The van der Waals surface area contributed by atoms with E-state index in [1.165, 1.54) is 0 Å². The molecule has 0 saturated heterocycles. The van der Waals surface area contributed by atoms with Gasteiger partial charge in [-0.3, -0.25) is 14.5 Å². The van der Waals surface area contributed by atoms with Crippen molar-refractivity contribution < 1.29 is 19.8 Å². The summed E-state index contributed by atoms with van der Waals surface area (Å²) in [6, 6.07) is -0.645. The second kappa shape index (κ2) is 4.41. The van der Waals surface area contributed by atoms with E-state index in [2.05, 4.69) is 0 Å². The molecule has 2 N–H and O–H groups in total. The Balaban J connectivity index is 2.56. The summed E-state index contributed by atoms with van der Waals surface area (Å²) in [7, 11) is 1.69. The van der Waals surface area contributed by atoms with Gasteiger partial charge in [-0.1, -0.05) is 6.42 Å². The highest BCUT2D eigenvalue weighted by Crippen LogP contribution is 2.25. The Kier molecular flexibility index (Phi) is 3.46. The Hall–Kier alpha value is -1.10. The third-order valence-electron chi connectivity index (χ3n) is 2.80. The fourth-order valence-corrected chi connectivity index (χ4v) is 1.62. The number of hydrogen-bond donors (Lipinski definition) is 2. The van der Waals surface area contributed by atoms with Gasteiger partial charge in [0.05, 0.1) is 6.42 Å². The molecule has 5 nitrogen and oxygen atoms in total. The highest BCUT2D eigenvalue weighted by atomic mass is 16.4. The molecule has 1 rings (SSSR count). The number of hydrogen-bond acceptors (Lipinski definition) is 3. The SMILES string of the molecule is CN(C1CCC1)C(CC(=O)O)C(=O)O. The van der Waals surface area contributed by atoms with Crippen LogP contribution in [-0.4, -0.2) is 46.2 Å². The van der Waals surface area contributed by atoms with Crippen molar-refractivity contribution in [2.75, 3.05) is 7.05 Å². The van der Waals surface area contributed by atoms with Crippen LogP contribution < -0.4 is 0 Å². The van der Waals surface area contributed by atoms with E-state index >= 15 is 0 Å². The van der Waals surface area contributed by atoms with Crippen LogP contribution in [-0.2, 0) is 9.59 Å². The molecule has 0 spiro atoms. The lowest BCUT2D eigenvalue weighted by Gasteiger charge is -2.37. The van der Waals surface area contributed by atoms with Crippen molar-refractivity contribution in [1.82, 2.24) is 4.90 Å². The van der Waals surface area contributed by atoms with E-state index in [0.29, 0.717) is 0 Å². The van der Waals surface area contributed by atoms with Gasteiger partial charge in [-0.25, -0.2) is 0 Å². The molecule has 80 valence electrons. The van der Waals surface area contributed by atoms with Crippen molar-refractivity contribution in [2.45, 2.75) is 37.8 Å². The third-order valence-corrected chi connectivity index (χ3v) is 2.80. The number of carboxylic acids is 2. The first kappa shape index (κ1) is 11.0. The zero-order chi connectivity index (χ0) is 10.7. The second-order valence-electron chi connectivity index (χ2n) is 3.70. The predicted octanol–water partition coefficient (Wildman–Crippen LogP) is 0.399. The summed E-state index contributed by atoms with van der Waals surface area (Å²) in [6.45, 7) is 0. The molecule has 0 aliphatic heterocycles. The number of carboxylic acid groups (broad SMARTS) is 2. The summed E-state index contributed by atoms with van der Waals surface area (Å²) in [5.74, 6) is -2.12. The van der Waals surface area contributed by atoms with E-state index in [1.807, 2.05) is 0 Å². The minimum atomic E-state index is -1.07. The van der Waals surface area contributed by atoms with Gasteiger partial charge in [-0.2, -0.15) is 0 Å². The molecule has 14 heavy (non-hydrogen) atoms. The molecule has 0 aromatic carbocycles. The zero-order valence-electron chi connectivity index (χ0n) is 8.14. The minimum Gasteiger partial charge on any atom is -0.481 e. The van der Waals surface area contributed by atoms with Gasteiger partial charge in [-0.05, 0) is 19.9 Å². The molecule has 0 radical (unpaired) electrons. The fraction of sp³-hybridized carbons (Fsp3) is 0.778. The van der Waals surface area contributed by atoms with Crippen molar-refractivity contribution in [3.8, 4) is 0 Å². The van der Waals surface area contributed by atoms with E-state index in [0.717, 1.165) is 19.3 Å². The summed E-state index contributed by atoms with van der Waals surface area (Å²) >= 11 is 0. The van der Waals surface area contributed by atoms with Gasteiger partial charge in [0.1, 0.15) is 6.04 Å². The molecule has 0 aromatic rings. The van der Waals surface area contributed by atoms with Crippen LogP contribution in [0.25, 0.3) is 0 Å². The maximum atomic E-state index is 10.8. The van der Waals surface area contributed by atoms with Gasteiger partial charge in [-0.15, -0.1) is 0 Å². The summed E-state index contributed by atoms with van der Waals surface area (Å²) in [5.41, 5.74) is 0. The molecule has 0 aromatic heterocycles. The highest BCUT2D eigenvalue weighted by Gasteiger charge is 2.32. The van der Waals surface area contributed by atoms with E-state index in [1.54, 1.807) is 11.9 Å². The van der Waals surface area contributed by atoms with Gasteiger partial charge in [0.25, 0.3) is 0 Å². The third kappa shape index (κ3) is 2.45. The molecule has 1 saturated carbocycles. The Bertz CT molecular complexity index is 237. The molecule has 5 heteroatoms. The van der Waals surface area contributed by atoms with Crippen molar-refractivity contribution in [2.24, 2.45) is 0 Å². The molecule has 1 atom stereocenters. The topological polar surface area (TPSA) is 77.8 Å². The quantitative estimate of drug-likeness (QED) is 0.673. The number of aliphatic carboxylic acids is 2. The van der Waals surface area contributed by atoms with Gasteiger partial charge in [0, 0.05) is 6.04 Å². The molecule has 0 bridgehead atoms. The highest BCUT2D eigenvalue weighted by molar-refractivity contribution is 5.80. The molecular weight excluding hydrogens is 186 g/mol. The normalized spacial score (nSPS) is 19.0. The van der Waals surface area contributed by atoms with Crippen LogP contribution >= 0.6 is 0 Å². The number of nitrogens with zero attached hydrogens (tertiary/aromatic N) is 1. The van der Waals surface area contributed by atoms with Crippen LogP contribution in [0.2, 0.25) is 0 Å². The molecule has 0 heterocycles. The number of rotatable bonds is 5. The summed E-state index contributed by atoms with van der Waals surface area (Å²) in [4.78, 5) is 22.9. The van der Waals surface area contributed by atoms with Crippen LogP contribution in [0.5, 0.6) is 0 Å². The van der Waals surface area contributed by atoms with Gasteiger partial charge >= 0.3 is 11.9 Å². The largest absolute Gasteiger partial charge is 0.481 e. The summed E-state index contributed by atoms with van der Waals surface area (Å²) < 4.78 is 0. The molecule has 1 aliphatic carbocycles. The van der Waals surface area contributed by atoms with Gasteiger partial charge in [0.2, 0.25) is 0 Å². The Morgan fingerprint density at radius 2 is 2.00 bits per heavy atom. The monoisotopic (exact) mass is 201 g/mol. The molecule has 0 amide bonds. The predicted molar refractivity (Wildman–Crippen MR) is 49.1 cm³/mol. The zero-order valence-corrected chi connectivity index (χ0v) is 8.14. The van der Waals surface area contributed by atoms with E-state index in [9.17, 15) is 9.59 Å². The standard InChI is InChI=1S/C9H15NO4/c1-10(6-3-2-4-6)7(9(13)14)5-8(11)12/h6-7H,2-5H2,1H3,(H,11,12)(H,13,14). The van der Waals surface area contributed by atoms with Crippen molar-refractivity contribution in [3.05, 3.63) is 0 Å². The maximum Gasteiger partial charge on any atom is 0.321 e. The molecule has 1 unspecified atom stereocenters. The van der Waals surface area contributed by atoms with Crippen LogP contribution in [0.3, 0.4) is 0 Å².